The van der Waals surface area contributed by atoms with Gasteiger partial charge in [-0.1, -0.05) is 6.07 Å². The number of thiophene rings is 1. The van der Waals surface area contributed by atoms with E-state index in [1.807, 2.05) is 22.9 Å². The van der Waals surface area contributed by atoms with Crippen LogP contribution in [0, 0.1) is 0 Å². The standard InChI is InChI=1S/C14H11ClN2O2S/c15-14(9-3-4-20-7-9)8-1-2-10-11(5-8)17-13(19)6-12(18)16-10/h1-5,7,14H,6H2,(H,16,18)(H,17,19). The third-order valence-electron chi connectivity index (χ3n) is 3.04. The van der Waals surface area contributed by atoms with Gasteiger partial charge >= 0.3 is 0 Å². The van der Waals surface area contributed by atoms with Crippen molar-refractivity contribution in [3.8, 4) is 0 Å². The topological polar surface area (TPSA) is 58.2 Å². The molecule has 20 heavy (non-hydrogen) atoms. The lowest BCUT2D eigenvalue weighted by molar-refractivity contribution is -0.123. The Labute approximate surface area is 124 Å². The van der Waals surface area contributed by atoms with Crippen LogP contribution in [0.5, 0.6) is 0 Å². The van der Waals surface area contributed by atoms with Crippen molar-refractivity contribution in [1.82, 2.24) is 0 Å². The van der Waals surface area contributed by atoms with Crippen LogP contribution >= 0.6 is 22.9 Å². The van der Waals surface area contributed by atoms with Gasteiger partial charge in [-0.3, -0.25) is 9.59 Å². The third-order valence-corrected chi connectivity index (χ3v) is 4.25. The highest BCUT2D eigenvalue weighted by Crippen LogP contribution is 2.34. The van der Waals surface area contributed by atoms with E-state index in [1.165, 1.54) is 0 Å². The van der Waals surface area contributed by atoms with Gasteiger partial charge in [-0.15, -0.1) is 11.6 Å². The number of carbonyl (C=O) groups is 2. The van der Waals surface area contributed by atoms with Gasteiger partial charge in [-0.05, 0) is 40.1 Å². The summed E-state index contributed by atoms with van der Waals surface area (Å²) in [4.78, 5) is 23.0. The Hall–Kier alpha value is -1.85. The van der Waals surface area contributed by atoms with Crippen molar-refractivity contribution in [2.24, 2.45) is 0 Å². The predicted molar refractivity (Wildman–Crippen MR) is 80.3 cm³/mol. The molecule has 2 N–H and O–H groups in total. The minimum Gasteiger partial charge on any atom is -0.324 e. The van der Waals surface area contributed by atoms with Crippen LogP contribution in [0.3, 0.4) is 0 Å². The summed E-state index contributed by atoms with van der Waals surface area (Å²) < 4.78 is 0. The zero-order chi connectivity index (χ0) is 14.1. The average molecular weight is 307 g/mol. The Morgan fingerprint density at radius 3 is 2.50 bits per heavy atom. The molecule has 0 bridgehead atoms. The quantitative estimate of drug-likeness (QED) is 0.660. The molecule has 0 saturated carbocycles. The molecular weight excluding hydrogens is 296 g/mol. The monoisotopic (exact) mass is 306 g/mol. The van der Waals surface area contributed by atoms with Crippen LogP contribution in [-0.2, 0) is 9.59 Å². The summed E-state index contributed by atoms with van der Waals surface area (Å²) in [5.41, 5.74) is 3.07. The van der Waals surface area contributed by atoms with Crippen LogP contribution in [-0.4, -0.2) is 11.8 Å². The number of nitrogens with one attached hydrogen (secondary N) is 2. The summed E-state index contributed by atoms with van der Waals surface area (Å²) in [7, 11) is 0. The molecule has 2 heterocycles. The van der Waals surface area contributed by atoms with Crippen molar-refractivity contribution in [3.05, 3.63) is 46.2 Å². The number of alkyl halides is 1. The van der Waals surface area contributed by atoms with Crippen LogP contribution in [0.2, 0.25) is 0 Å². The summed E-state index contributed by atoms with van der Waals surface area (Å²) in [6, 6.07) is 7.38. The minimum absolute atomic E-state index is 0.168. The zero-order valence-electron chi connectivity index (χ0n) is 10.4. The SMILES string of the molecule is O=C1CC(=O)Nc2cc(C(Cl)c3ccsc3)ccc2N1. The van der Waals surface area contributed by atoms with Crippen LogP contribution in [0.1, 0.15) is 22.9 Å². The molecule has 2 amide bonds. The Morgan fingerprint density at radius 1 is 1.05 bits per heavy atom. The van der Waals surface area contributed by atoms with E-state index in [9.17, 15) is 9.59 Å². The molecule has 4 nitrogen and oxygen atoms in total. The Kier molecular flexibility index (Phi) is 3.46. The van der Waals surface area contributed by atoms with Gasteiger partial charge in [0.05, 0.1) is 16.8 Å². The first-order chi connectivity index (χ1) is 9.63. The first-order valence-corrected chi connectivity index (χ1v) is 7.41. The van der Waals surface area contributed by atoms with E-state index < -0.39 is 0 Å². The summed E-state index contributed by atoms with van der Waals surface area (Å²) in [5.74, 6) is -0.630. The molecule has 0 saturated heterocycles. The van der Waals surface area contributed by atoms with E-state index in [4.69, 9.17) is 11.6 Å². The van der Waals surface area contributed by atoms with Crippen LogP contribution in [0.25, 0.3) is 0 Å². The Bertz CT molecular complexity index is 670. The fourth-order valence-corrected chi connectivity index (χ4v) is 3.11. The van der Waals surface area contributed by atoms with E-state index in [0.717, 1.165) is 11.1 Å². The highest BCUT2D eigenvalue weighted by atomic mass is 35.5. The van der Waals surface area contributed by atoms with E-state index in [1.54, 1.807) is 23.5 Å². The molecule has 0 spiro atoms. The normalized spacial score (nSPS) is 15.8. The second-order valence-corrected chi connectivity index (χ2v) is 5.71. The van der Waals surface area contributed by atoms with E-state index in [2.05, 4.69) is 10.6 Å². The highest BCUT2D eigenvalue weighted by Gasteiger charge is 2.20. The maximum absolute atomic E-state index is 11.6. The first kappa shape index (κ1) is 13.1. The largest absolute Gasteiger partial charge is 0.324 e. The van der Waals surface area contributed by atoms with Gasteiger partial charge in [-0.25, -0.2) is 0 Å². The van der Waals surface area contributed by atoms with Gasteiger partial charge in [-0.2, -0.15) is 11.3 Å². The second-order valence-electron chi connectivity index (χ2n) is 4.50. The number of rotatable bonds is 2. The van der Waals surface area contributed by atoms with Crippen LogP contribution in [0.15, 0.2) is 35.0 Å². The lowest BCUT2D eigenvalue weighted by Crippen LogP contribution is -2.16. The van der Waals surface area contributed by atoms with Crippen molar-refractivity contribution in [3.63, 3.8) is 0 Å². The summed E-state index contributed by atoms with van der Waals surface area (Å²) in [6.07, 6.45) is -0.168. The predicted octanol–water partition coefficient (Wildman–Crippen LogP) is 3.36. The lowest BCUT2D eigenvalue weighted by Gasteiger charge is -2.13. The number of fused-ring (bicyclic) bond motifs is 1. The summed E-state index contributed by atoms with van der Waals surface area (Å²) >= 11 is 8.01. The van der Waals surface area contributed by atoms with Gasteiger partial charge in [0.2, 0.25) is 11.8 Å². The molecule has 2 aromatic rings. The number of carbonyl (C=O) groups excluding carboxylic acids is 2. The molecule has 0 fully saturated rings. The molecule has 1 aromatic carbocycles. The molecular formula is C14H11ClN2O2S. The van der Waals surface area contributed by atoms with Gasteiger partial charge < -0.3 is 10.6 Å². The first-order valence-electron chi connectivity index (χ1n) is 6.03. The van der Waals surface area contributed by atoms with Gasteiger partial charge in [0.25, 0.3) is 0 Å². The number of halogens is 1. The number of hydrogen-bond acceptors (Lipinski definition) is 3. The minimum atomic E-state index is -0.319. The number of anilines is 2. The zero-order valence-corrected chi connectivity index (χ0v) is 11.9. The van der Waals surface area contributed by atoms with Crippen molar-refractivity contribution in [2.45, 2.75) is 11.8 Å². The van der Waals surface area contributed by atoms with Crippen LogP contribution in [0.4, 0.5) is 11.4 Å². The third kappa shape index (κ3) is 2.55. The Morgan fingerprint density at radius 2 is 1.80 bits per heavy atom. The van der Waals surface area contributed by atoms with Gasteiger partial charge in [0, 0.05) is 0 Å². The molecule has 0 aliphatic carbocycles. The molecule has 0 radical (unpaired) electrons. The second kappa shape index (κ2) is 5.26. The van der Waals surface area contributed by atoms with Crippen molar-refractivity contribution in [1.29, 1.82) is 0 Å². The molecule has 6 heteroatoms. The maximum Gasteiger partial charge on any atom is 0.233 e. The number of amides is 2. The van der Waals surface area contributed by atoms with Crippen molar-refractivity contribution in [2.75, 3.05) is 10.6 Å². The summed E-state index contributed by atoms with van der Waals surface area (Å²) in [5, 5.41) is 9.09. The van der Waals surface area contributed by atoms with E-state index in [-0.39, 0.29) is 23.6 Å². The molecule has 102 valence electrons. The Balaban J connectivity index is 1.96. The smallest absolute Gasteiger partial charge is 0.233 e. The maximum atomic E-state index is 11.6. The number of hydrogen-bond donors (Lipinski definition) is 2. The van der Waals surface area contributed by atoms with Gasteiger partial charge in [0.15, 0.2) is 0 Å². The molecule has 1 aliphatic rings. The molecule has 1 unspecified atom stereocenters. The fourth-order valence-electron chi connectivity index (χ4n) is 2.08. The average Bonchev–Trinajstić information content (AvgIpc) is 2.88. The molecule has 1 atom stereocenters. The molecule has 1 aliphatic heterocycles. The van der Waals surface area contributed by atoms with Crippen molar-refractivity contribution < 1.29 is 9.59 Å². The van der Waals surface area contributed by atoms with E-state index in [0.29, 0.717) is 11.4 Å². The van der Waals surface area contributed by atoms with Crippen molar-refractivity contribution >= 4 is 46.1 Å². The molecule has 1 aromatic heterocycles. The highest BCUT2D eigenvalue weighted by molar-refractivity contribution is 7.08. The fraction of sp³-hybridized carbons (Fsp3) is 0.143. The lowest BCUT2D eigenvalue weighted by atomic mass is 10.1. The van der Waals surface area contributed by atoms with Crippen LogP contribution < -0.4 is 10.6 Å². The summed E-state index contributed by atoms with van der Waals surface area (Å²) in [6.45, 7) is 0. The van der Waals surface area contributed by atoms with Gasteiger partial charge in [0.1, 0.15) is 6.42 Å². The number of benzene rings is 1. The molecule has 3 rings (SSSR count). The van der Waals surface area contributed by atoms with E-state index >= 15 is 0 Å².